The summed E-state index contributed by atoms with van der Waals surface area (Å²) < 4.78 is 15.7. The Morgan fingerprint density at radius 3 is 2.14 bits per heavy atom. The van der Waals surface area contributed by atoms with Gasteiger partial charge in [-0.05, 0) is 11.8 Å². The molecule has 0 aliphatic heterocycles. The van der Waals surface area contributed by atoms with Crippen LogP contribution in [0.3, 0.4) is 0 Å². The van der Waals surface area contributed by atoms with Gasteiger partial charge in [0.15, 0.2) is 0 Å². The summed E-state index contributed by atoms with van der Waals surface area (Å²) in [6.07, 6.45) is 8.58. The lowest BCUT2D eigenvalue weighted by molar-refractivity contribution is -0.697. The lowest BCUT2D eigenvalue weighted by Crippen LogP contribution is -2.31. The van der Waals surface area contributed by atoms with Crippen LogP contribution in [0, 0.1) is 11.8 Å². The largest absolute Gasteiger partial charge is 0.870 e. The Balaban J connectivity index is 0.00000441. The van der Waals surface area contributed by atoms with E-state index in [1.807, 2.05) is 0 Å². The van der Waals surface area contributed by atoms with E-state index in [2.05, 4.69) is 55.6 Å². The number of nitrogens with zero attached hydrogens (tertiary/aromatic N) is 2. The topological polar surface area (TPSA) is 57.3 Å². The van der Waals surface area contributed by atoms with Gasteiger partial charge < -0.3 is 14.9 Å². The van der Waals surface area contributed by atoms with Crippen LogP contribution in [0.4, 0.5) is 0 Å². The summed E-state index contributed by atoms with van der Waals surface area (Å²) in [6, 6.07) is 0. The molecule has 0 radical (unpaired) electrons. The quantitative estimate of drug-likeness (QED) is 0.440. The Bertz CT molecular complexity index is 332. The van der Waals surface area contributed by atoms with Crippen LogP contribution in [0.15, 0.2) is 18.7 Å². The summed E-state index contributed by atoms with van der Waals surface area (Å²) in [7, 11) is 0. The van der Waals surface area contributed by atoms with Crippen molar-refractivity contribution >= 4 is 0 Å². The van der Waals surface area contributed by atoms with Gasteiger partial charge in [0.2, 0.25) is 6.33 Å². The number of ether oxygens (including phenoxy) is 2. The number of imidazole rings is 1. The van der Waals surface area contributed by atoms with Gasteiger partial charge in [-0.1, -0.05) is 27.7 Å². The molecule has 1 N–H and O–H groups in total. The third kappa shape index (κ3) is 10.8. The molecule has 0 aromatic carbocycles. The molecule has 5 nitrogen and oxygen atoms in total. The first-order chi connectivity index (χ1) is 10.1. The predicted octanol–water partition coefficient (Wildman–Crippen LogP) is 2.72. The van der Waals surface area contributed by atoms with E-state index in [-0.39, 0.29) is 5.48 Å². The van der Waals surface area contributed by atoms with Gasteiger partial charge in [0.05, 0.1) is 26.3 Å². The van der Waals surface area contributed by atoms with E-state index >= 15 is 0 Å². The zero-order valence-corrected chi connectivity index (χ0v) is 14.7. The lowest BCUT2D eigenvalue weighted by Gasteiger charge is -2.05. The molecule has 0 fully saturated rings. The molecule has 0 bridgehead atoms. The summed E-state index contributed by atoms with van der Waals surface area (Å²) in [5.74, 6) is 1.24. The van der Waals surface area contributed by atoms with Crippen LogP contribution in [0.5, 0.6) is 0 Å². The van der Waals surface area contributed by atoms with Crippen molar-refractivity contribution in [2.75, 3.05) is 26.4 Å². The minimum atomic E-state index is 0. The highest BCUT2D eigenvalue weighted by Crippen LogP contribution is 1.96. The van der Waals surface area contributed by atoms with E-state index in [9.17, 15) is 0 Å². The highest BCUT2D eigenvalue weighted by atomic mass is 16.5. The predicted molar refractivity (Wildman–Crippen MR) is 87.1 cm³/mol. The molecule has 0 unspecified atom stereocenters. The highest BCUT2D eigenvalue weighted by molar-refractivity contribution is 4.66. The summed E-state index contributed by atoms with van der Waals surface area (Å²) in [5, 5.41) is 0. The van der Waals surface area contributed by atoms with Crippen molar-refractivity contribution in [2.24, 2.45) is 11.8 Å². The molecule has 0 saturated heterocycles. The average Bonchev–Trinajstić information content (AvgIpc) is 2.85. The molecule has 1 aromatic heterocycles. The van der Waals surface area contributed by atoms with Crippen molar-refractivity contribution in [3.05, 3.63) is 18.7 Å². The van der Waals surface area contributed by atoms with Gasteiger partial charge in [-0.2, -0.15) is 0 Å². The third-order valence-electron chi connectivity index (χ3n) is 3.06. The van der Waals surface area contributed by atoms with Gasteiger partial charge in [0, 0.05) is 26.1 Å². The third-order valence-corrected chi connectivity index (χ3v) is 3.06. The molecule has 1 rings (SSSR count). The Morgan fingerprint density at radius 1 is 0.955 bits per heavy atom. The van der Waals surface area contributed by atoms with Crippen LogP contribution in [-0.4, -0.2) is 36.5 Å². The van der Waals surface area contributed by atoms with Crippen molar-refractivity contribution in [3.63, 3.8) is 0 Å². The molecule has 0 aliphatic rings. The second kappa shape index (κ2) is 12.6. The first kappa shape index (κ1) is 21.1. The maximum absolute atomic E-state index is 5.60. The number of hydrogen-bond donors (Lipinski definition) is 0. The summed E-state index contributed by atoms with van der Waals surface area (Å²) in [4.78, 5) is 0. The van der Waals surface area contributed by atoms with Crippen molar-refractivity contribution in [1.29, 1.82) is 0 Å². The molecule has 130 valence electrons. The fourth-order valence-electron chi connectivity index (χ4n) is 2.04. The highest BCUT2D eigenvalue weighted by Gasteiger charge is 2.04. The minimum absolute atomic E-state index is 0. The van der Waals surface area contributed by atoms with Crippen molar-refractivity contribution in [1.82, 2.24) is 4.57 Å². The molecular formula is C17H34N2O3. The first-order valence-corrected chi connectivity index (χ1v) is 8.28. The second-order valence-corrected chi connectivity index (χ2v) is 6.53. The Labute approximate surface area is 135 Å². The summed E-state index contributed by atoms with van der Waals surface area (Å²) >= 11 is 0. The van der Waals surface area contributed by atoms with E-state index in [1.54, 1.807) is 0 Å². The van der Waals surface area contributed by atoms with Crippen molar-refractivity contribution in [2.45, 2.75) is 53.6 Å². The van der Waals surface area contributed by atoms with Gasteiger partial charge in [-0.25, -0.2) is 9.13 Å². The van der Waals surface area contributed by atoms with Crippen LogP contribution >= 0.6 is 0 Å². The first-order valence-electron chi connectivity index (χ1n) is 8.28. The van der Waals surface area contributed by atoms with E-state index in [0.29, 0.717) is 11.8 Å². The molecule has 1 aromatic rings. The van der Waals surface area contributed by atoms with Gasteiger partial charge in [0.25, 0.3) is 0 Å². The van der Waals surface area contributed by atoms with Gasteiger partial charge in [-0.3, -0.25) is 0 Å². The van der Waals surface area contributed by atoms with Crippen molar-refractivity contribution < 1.29 is 19.5 Å². The fourth-order valence-corrected chi connectivity index (χ4v) is 2.04. The van der Waals surface area contributed by atoms with Crippen molar-refractivity contribution in [3.8, 4) is 0 Å². The van der Waals surface area contributed by atoms with Crippen LogP contribution in [0.2, 0.25) is 0 Å². The van der Waals surface area contributed by atoms with E-state index in [4.69, 9.17) is 9.47 Å². The second-order valence-electron chi connectivity index (χ2n) is 6.53. The Morgan fingerprint density at radius 2 is 1.55 bits per heavy atom. The molecule has 0 spiro atoms. The van der Waals surface area contributed by atoms with Gasteiger partial charge in [0.1, 0.15) is 12.4 Å². The van der Waals surface area contributed by atoms with E-state index < -0.39 is 0 Å². The normalized spacial score (nSPS) is 11.2. The van der Waals surface area contributed by atoms with Gasteiger partial charge >= 0.3 is 0 Å². The van der Waals surface area contributed by atoms with Crippen LogP contribution in [0.25, 0.3) is 0 Å². The number of hydrogen-bond acceptors (Lipinski definition) is 3. The zero-order chi connectivity index (χ0) is 15.5. The monoisotopic (exact) mass is 314 g/mol. The van der Waals surface area contributed by atoms with E-state index in [0.717, 1.165) is 52.4 Å². The molecule has 0 amide bonds. The SMILES string of the molecule is CC(C)COCCCn1cc[n+](CCCOCC(C)C)c1.[OH-]. The maximum Gasteiger partial charge on any atom is 0.243 e. The zero-order valence-electron chi connectivity index (χ0n) is 14.7. The van der Waals surface area contributed by atoms with Gasteiger partial charge in [-0.15, -0.1) is 0 Å². The number of rotatable bonds is 12. The molecule has 0 saturated carbocycles. The standard InChI is InChI=1S/C17H33N2O2.H2O/c1-16(2)13-20-11-5-7-18-9-10-19(15-18)8-6-12-21-14-17(3)4;/h9-10,15-17H,5-8,11-14H2,1-4H3;1H2/q+1;/p-1. The molecule has 1 heterocycles. The Hall–Kier alpha value is -0.910. The van der Waals surface area contributed by atoms with E-state index in [1.165, 1.54) is 0 Å². The average molecular weight is 314 g/mol. The maximum atomic E-state index is 5.60. The fraction of sp³-hybridized carbons (Fsp3) is 0.824. The smallest absolute Gasteiger partial charge is 0.243 e. The number of aromatic nitrogens is 2. The summed E-state index contributed by atoms with van der Waals surface area (Å²) in [5.41, 5.74) is 0. The van der Waals surface area contributed by atoms with Crippen LogP contribution in [0.1, 0.15) is 40.5 Å². The number of aryl methyl sites for hydroxylation is 2. The Kier molecular flexibility index (Phi) is 12.1. The summed E-state index contributed by atoms with van der Waals surface area (Å²) in [6.45, 7) is 14.2. The van der Waals surface area contributed by atoms with Crippen LogP contribution in [-0.2, 0) is 22.6 Å². The molecule has 5 heteroatoms. The molecular weight excluding hydrogens is 280 g/mol. The molecule has 0 aliphatic carbocycles. The molecule has 22 heavy (non-hydrogen) atoms. The van der Waals surface area contributed by atoms with Crippen LogP contribution < -0.4 is 4.57 Å². The lowest BCUT2D eigenvalue weighted by atomic mass is 10.2. The minimum Gasteiger partial charge on any atom is -0.870 e. The molecule has 0 atom stereocenters.